The summed E-state index contributed by atoms with van der Waals surface area (Å²) in [7, 11) is 1.71. The number of carbonyl (C=O) groups excluding carboxylic acids is 2. The highest BCUT2D eigenvalue weighted by Gasteiger charge is 2.31. The molecular formula is C14H19N3O3. The molecule has 2 amide bonds. The fourth-order valence-electron chi connectivity index (χ4n) is 2.21. The number of carbonyl (C=O) groups is 2. The predicted molar refractivity (Wildman–Crippen MR) is 74.0 cm³/mol. The Balaban J connectivity index is 1.89. The Bertz CT molecular complexity index is 501. The molecule has 1 aromatic carbocycles. The molecule has 0 bridgehead atoms. The number of rotatable bonds is 4. The molecule has 108 valence electrons. The molecule has 6 nitrogen and oxygen atoms in total. The number of aromatic hydroxyl groups is 1. The van der Waals surface area contributed by atoms with Gasteiger partial charge in [0.05, 0.1) is 6.04 Å². The van der Waals surface area contributed by atoms with Crippen molar-refractivity contribution in [2.75, 3.05) is 13.6 Å². The fourth-order valence-corrected chi connectivity index (χ4v) is 2.21. The van der Waals surface area contributed by atoms with Crippen LogP contribution in [0.5, 0.6) is 5.75 Å². The minimum Gasteiger partial charge on any atom is -0.508 e. The van der Waals surface area contributed by atoms with Gasteiger partial charge in [-0.1, -0.05) is 12.1 Å². The van der Waals surface area contributed by atoms with Gasteiger partial charge >= 0.3 is 0 Å². The predicted octanol–water partition coefficient (Wildman–Crippen LogP) is -0.391. The van der Waals surface area contributed by atoms with Crippen molar-refractivity contribution in [1.82, 2.24) is 10.2 Å². The van der Waals surface area contributed by atoms with Crippen LogP contribution in [0.4, 0.5) is 0 Å². The molecule has 1 saturated heterocycles. The molecule has 0 radical (unpaired) electrons. The summed E-state index contributed by atoms with van der Waals surface area (Å²) in [5.74, 6) is -0.228. The van der Waals surface area contributed by atoms with Crippen molar-refractivity contribution in [2.45, 2.75) is 24.9 Å². The smallest absolute Gasteiger partial charge is 0.244 e. The zero-order valence-electron chi connectivity index (χ0n) is 11.4. The summed E-state index contributed by atoms with van der Waals surface area (Å²) in [5.41, 5.74) is 6.71. The average Bonchev–Trinajstić information content (AvgIpc) is 2.73. The van der Waals surface area contributed by atoms with Gasteiger partial charge < -0.3 is 21.1 Å². The van der Waals surface area contributed by atoms with E-state index in [1.807, 2.05) is 0 Å². The summed E-state index contributed by atoms with van der Waals surface area (Å²) in [4.78, 5) is 25.3. The number of amides is 2. The van der Waals surface area contributed by atoms with E-state index in [-0.39, 0.29) is 17.6 Å². The summed E-state index contributed by atoms with van der Waals surface area (Å²) >= 11 is 0. The largest absolute Gasteiger partial charge is 0.508 e. The van der Waals surface area contributed by atoms with E-state index in [9.17, 15) is 14.7 Å². The SMILES string of the molecule is CN1CCC(NC(=O)[C@H](N)Cc2ccc(O)cc2)C1=O. The Morgan fingerprint density at radius 1 is 1.50 bits per heavy atom. The van der Waals surface area contributed by atoms with Gasteiger partial charge in [0.15, 0.2) is 0 Å². The van der Waals surface area contributed by atoms with Crippen LogP contribution in [0.15, 0.2) is 24.3 Å². The highest BCUT2D eigenvalue weighted by molar-refractivity contribution is 5.90. The molecule has 20 heavy (non-hydrogen) atoms. The number of nitrogens with zero attached hydrogens (tertiary/aromatic N) is 1. The van der Waals surface area contributed by atoms with Gasteiger partial charge in [-0.15, -0.1) is 0 Å². The standard InChI is InChI=1S/C14H19N3O3/c1-17-7-6-12(14(17)20)16-13(19)11(15)8-9-2-4-10(18)5-3-9/h2-5,11-12,18H,6-8,15H2,1H3,(H,16,19)/t11-,12?/m1/s1. The Hall–Kier alpha value is -2.08. The van der Waals surface area contributed by atoms with Crippen LogP contribution >= 0.6 is 0 Å². The van der Waals surface area contributed by atoms with E-state index in [1.165, 1.54) is 0 Å². The molecule has 0 spiro atoms. The molecule has 1 unspecified atom stereocenters. The molecule has 2 atom stereocenters. The van der Waals surface area contributed by atoms with Crippen molar-refractivity contribution >= 4 is 11.8 Å². The van der Waals surface area contributed by atoms with E-state index in [4.69, 9.17) is 5.73 Å². The van der Waals surface area contributed by atoms with Crippen LogP contribution in [0.25, 0.3) is 0 Å². The lowest BCUT2D eigenvalue weighted by Crippen LogP contribution is -2.48. The van der Waals surface area contributed by atoms with Crippen LogP contribution in [0, 0.1) is 0 Å². The van der Waals surface area contributed by atoms with Gasteiger partial charge in [0, 0.05) is 13.6 Å². The zero-order chi connectivity index (χ0) is 14.7. The van der Waals surface area contributed by atoms with Gasteiger partial charge in [0.1, 0.15) is 11.8 Å². The number of nitrogens with one attached hydrogen (secondary N) is 1. The van der Waals surface area contributed by atoms with Crippen LogP contribution in [-0.4, -0.2) is 47.5 Å². The molecule has 0 aromatic heterocycles. The molecule has 0 aliphatic carbocycles. The molecule has 1 heterocycles. The lowest BCUT2D eigenvalue weighted by molar-refractivity contribution is -0.132. The number of likely N-dealkylation sites (tertiary alicyclic amines) is 1. The molecule has 1 fully saturated rings. The number of hydrogen-bond acceptors (Lipinski definition) is 4. The molecule has 6 heteroatoms. The highest BCUT2D eigenvalue weighted by atomic mass is 16.3. The van der Waals surface area contributed by atoms with Gasteiger partial charge in [-0.25, -0.2) is 0 Å². The average molecular weight is 277 g/mol. The number of nitrogens with two attached hydrogens (primary N) is 1. The Kier molecular flexibility index (Phi) is 4.24. The van der Waals surface area contributed by atoms with Crippen molar-refractivity contribution in [1.29, 1.82) is 0 Å². The normalized spacial score (nSPS) is 20.0. The van der Waals surface area contributed by atoms with Crippen LogP contribution < -0.4 is 11.1 Å². The fraction of sp³-hybridized carbons (Fsp3) is 0.429. The van der Waals surface area contributed by atoms with E-state index < -0.39 is 12.1 Å². The van der Waals surface area contributed by atoms with E-state index in [0.717, 1.165) is 5.56 Å². The van der Waals surface area contributed by atoms with Crippen LogP contribution in [0.1, 0.15) is 12.0 Å². The Labute approximate surface area is 117 Å². The molecule has 1 aliphatic heterocycles. The maximum absolute atomic E-state index is 12.0. The van der Waals surface area contributed by atoms with Gasteiger partial charge in [-0.3, -0.25) is 9.59 Å². The maximum atomic E-state index is 12.0. The van der Waals surface area contributed by atoms with Crippen molar-refractivity contribution in [2.24, 2.45) is 5.73 Å². The van der Waals surface area contributed by atoms with Crippen LogP contribution in [0.3, 0.4) is 0 Å². The molecule has 0 saturated carbocycles. The van der Waals surface area contributed by atoms with E-state index >= 15 is 0 Å². The van der Waals surface area contributed by atoms with E-state index in [0.29, 0.717) is 19.4 Å². The molecule has 4 N–H and O–H groups in total. The molecule has 1 aromatic rings. The van der Waals surface area contributed by atoms with Crippen LogP contribution in [0.2, 0.25) is 0 Å². The summed E-state index contributed by atoms with van der Waals surface area (Å²) in [6.45, 7) is 0.650. The van der Waals surface area contributed by atoms with Gasteiger partial charge in [-0.2, -0.15) is 0 Å². The third-order valence-electron chi connectivity index (χ3n) is 3.47. The molecule has 1 aliphatic rings. The first-order valence-corrected chi connectivity index (χ1v) is 6.56. The van der Waals surface area contributed by atoms with Crippen molar-refractivity contribution in [3.8, 4) is 5.75 Å². The third-order valence-corrected chi connectivity index (χ3v) is 3.47. The van der Waals surface area contributed by atoms with E-state index in [1.54, 1.807) is 36.2 Å². The number of benzene rings is 1. The Morgan fingerprint density at radius 2 is 2.15 bits per heavy atom. The van der Waals surface area contributed by atoms with Crippen molar-refractivity contribution < 1.29 is 14.7 Å². The number of phenolic OH excluding ortho intramolecular Hbond substituents is 1. The van der Waals surface area contributed by atoms with Gasteiger partial charge in [0.2, 0.25) is 11.8 Å². The first-order chi connectivity index (χ1) is 9.47. The number of hydrogen-bond donors (Lipinski definition) is 3. The van der Waals surface area contributed by atoms with E-state index in [2.05, 4.69) is 5.32 Å². The highest BCUT2D eigenvalue weighted by Crippen LogP contribution is 2.12. The number of likely N-dealkylation sites (N-methyl/N-ethyl adjacent to an activating group) is 1. The molecular weight excluding hydrogens is 258 g/mol. The number of phenols is 1. The van der Waals surface area contributed by atoms with Crippen molar-refractivity contribution in [3.63, 3.8) is 0 Å². The quantitative estimate of drug-likeness (QED) is 0.698. The second-order valence-electron chi connectivity index (χ2n) is 5.09. The second-order valence-corrected chi connectivity index (χ2v) is 5.09. The molecule has 2 rings (SSSR count). The summed E-state index contributed by atoms with van der Waals surface area (Å²) in [6.07, 6.45) is 0.982. The topological polar surface area (TPSA) is 95.7 Å². The minimum atomic E-state index is -0.710. The first-order valence-electron chi connectivity index (χ1n) is 6.56. The second kappa shape index (κ2) is 5.92. The van der Waals surface area contributed by atoms with Crippen molar-refractivity contribution in [3.05, 3.63) is 29.8 Å². The first kappa shape index (κ1) is 14.3. The summed E-state index contributed by atoms with van der Waals surface area (Å²) in [5, 5.41) is 11.9. The van der Waals surface area contributed by atoms with Gasteiger partial charge in [0.25, 0.3) is 0 Å². The Morgan fingerprint density at radius 3 is 2.70 bits per heavy atom. The summed E-state index contributed by atoms with van der Waals surface area (Å²) < 4.78 is 0. The lowest BCUT2D eigenvalue weighted by atomic mass is 10.1. The minimum absolute atomic E-state index is 0.0739. The van der Waals surface area contributed by atoms with Crippen LogP contribution in [-0.2, 0) is 16.0 Å². The summed E-state index contributed by atoms with van der Waals surface area (Å²) in [6, 6.07) is 5.37. The zero-order valence-corrected chi connectivity index (χ0v) is 11.4. The lowest BCUT2D eigenvalue weighted by Gasteiger charge is -2.16. The monoisotopic (exact) mass is 277 g/mol. The van der Waals surface area contributed by atoms with Gasteiger partial charge in [-0.05, 0) is 30.5 Å². The third kappa shape index (κ3) is 3.27. The maximum Gasteiger partial charge on any atom is 0.244 e.